The second kappa shape index (κ2) is 7.22. The molecule has 2 aromatic rings. The SMILES string of the molecule is CN(Cc1c(F)cccc1Cl)C(=O)c1cc([N+](=O)[O-])ccc1I. The van der Waals surface area contributed by atoms with E-state index in [4.69, 9.17) is 11.6 Å². The first-order chi connectivity index (χ1) is 10.8. The Labute approximate surface area is 150 Å². The average molecular weight is 449 g/mol. The van der Waals surface area contributed by atoms with Crippen molar-refractivity contribution in [3.05, 3.63) is 72.0 Å². The van der Waals surface area contributed by atoms with Gasteiger partial charge in [0, 0.05) is 39.9 Å². The third kappa shape index (κ3) is 3.97. The highest BCUT2D eigenvalue weighted by molar-refractivity contribution is 14.1. The number of rotatable bonds is 4. The lowest BCUT2D eigenvalue weighted by molar-refractivity contribution is -0.384. The number of nitro groups is 1. The molecule has 8 heteroatoms. The maximum absolute atomic E-state index is 13.8. The highest BCUT2D eigenvalue weighted by Crippen LogP contribution is 2.24. The molecule has 0 bridgehead atoms. The molecule has 1 amide bonds. The van der Waals surface area contributed by atoms with E-state index in [0.29, 0.717) is 3.57 Å². The standard InChI is InChI=1S/C15H11ClFIN2O3/c1-19(8-11-12(16)3-2-4-13(11)17)15(21)10-7-9(20(22)23)5-6-14(10)18/h2-7H,8H2,1H3. The zero-order valence-electron chi connectivity index (χ0n) is 11.9. The Hall–Kier alpha value is -1.74. The molecule has 0 spiro atoms. The molecular formula is C15H11ClFIN2O3. The second-order valence-electron chi connectivity index (χ2n) is 4.78. The van der Waals surface area contributed by atoms with Gasteiger partial charge in [-0.25, -0.2) is 4.39 Å². The summed E-state index contributed by atoms with van der Waals surface area (Å²) in [5, 5.41) is 11.1. The van der Waals surface area contributed by atoms with Crippen molar-refractivity contribution in [2.75, 3.05) is 7.05 Å². The summed E-state index contributed by atoms with van der Waals surface area (Å²) in [7, 11) is 1.49. The fraction of sp³-hybridized carbons (Fsp3) is 0.133. The van der Waals surface area contributed by atoms with Crippen LogP contribution in [0.5, 0.6) is 0 Å². The van der Waals surface area contributed by atoms with Gasteiger partial charge in [-0.1, -0.05) is 17.7 Å². The van der Waals surface area contributed by atoms with Crippen molar-refractivity contribution in [3.63, 3.8) is 0 Å². The number of amides is 1. The fourth-order valence-corrected chi connectivity index (χ4v) is 2.78. The highest BCUT2D eigenvalue weighted by Gasteiger charge is 2.20. The summed E-state index contributed by atoms with van der Waals surface area (Å²) in [5.74, 6) is -0.955. The molecular weight excluding hydrogens is 438 g/mol. The lowest BCUT2D eigenvalue weighted by atomic mass is 10.1. The minimum absolute atomic E-state index is 0.0386. The predicted octanol–water partition coefficient (Wildman–Crippen LogP) is 4.26. The number of hydrogen-bond donors (Lipinski definition) is 0. The van der Waals surface area contributed by atoms with E-state index in [-0.39, 0.29) is 28.4 Å². The third-order valence-electron chi connectivity index (χ3n) is 3.19. The number of hydrogen-bond acceptors (Lipinski definition) is 3. The average Bonchev–Trinajstić information content (AvgIpc) is 2.50. The van der Waals surface area contributed by atoms with E-state index < -0.39 is 16.6 Å². The van der Waals surface area contributed by atoms with Gasteiger partial charge in [0.25, 0.3) is 11.6 Å². The van der Waals surface area contributed by atoms with Crippen LogP contribution in [-0.2, 0) is 6.54 Å². The first-order valence-corrected chi connectivity index (χ1v) is 7.89. The first-order valence-electron chi connectivity index (χ1n) is 6.43. The number of nitrogens with zero attached hydrogens (tertiary/aromatic N) is 2. The maximum Gasteiger partial charge on any atom is 0.270 e. The number of benzene rings is 2. The molecule has 0 aliphatic rings. The van der Waals surface area contributed by atoms with Crippen LogP contribution in [-0.4, -0.2) is 22.8 Å². The Morgan fingerprint density at radius 1 is 1.39 bits per heavy atom. The van der Waals surface area contributed by atoms with Crippen LogP contribution < -0.4 is 0 Å². The van der Waals surface area contributed by atoms with E-state index in [1.54, 1.807) is 0 Å². The Morgan fingerprint density at radius 3 is 2.70 bits per heavy atom. The summed E-state index contributed by atoms with van der Waals surface area (Å²) in [6, 6.07) is 8.31. The number of nitro benzene ring substituents is 1. The number of carbonyl (C=O) groups is 1. The van der Waals surface area contributed by atoms with Crippen molar-refractivity contribution < 1.29 is 14.1 Å². The zero-order chi connectivity index (χ0) is 17.1. The van der Waals surface area contributed by atoms with E-state index in [0.717, 1.165) is 0 Å². The molecule has 0 aliphatic heterocycles. The molecule has 0 aromatic heterocycles. The van der Waals surface area contributed by atoms with Gasteiger partial charge in [-0.3, -0.25) is 14.9 Å². The van der Waals surface area contributed by atoms with E-state index in [1.807, 2.05) is 22.6 Å². The Balaban J connectivity index is 2.30. The molecule has 2 rings (SSSR count). The van der Waals surface area contributed by atoms with E-state index in [9.17, 15) is 19.3 Å². The molecule has 0 atom stereocenters. The van der Waals surface area contributed by atoms with Crippen molar-refractivity contribution >= 4 is 45.8 Å². The summed E-state index contributed by atoms with van der Waals surface area (Å²) in [6.07, 6.45) is 0. The summed E-state index contributed by atoms with van der Waals surface area (Å²) in [6.45, 7) is -0.0386. The van der Waals surface area contributed by atoms with Gasteiger partial charge in [0.15, 0.2) is 0 Å². The predicted molar refractivity (Wildman–Crippen MR) is 93.0 cm³/mol. The van der Waals surface area contributed by atoms with Crippen molar-refractivity contribution in [2.24, 2.45) is 0 Å². The van der Waals surface area contributed by atoms with Crippen LogP contribution in [0.2, 0.25) is 5.02 Å². The first kappa shape index (κ1) is 17.6. The van der Waals surface area contributed by atoms with Gasteiger partial charge < -0.3 is 4.90 Å². The summed E-state index contributed by atoms with van der Waals surface area (Å²) in [5.41, 5.74) is 0.214. The number of non-ortho nitro benzene ring substituents is 1. The van der Waals surface area contributed by atoms with E-state index in [2.05, 4.69) is 0 Å². The highest BCUT2D eigenvalue weighted by atomic mass is 127. The zero-order valence-corrected chi connectivity index (χ0v) is 14.8. The van der Waals surface area contributed by atoms with Crippen LogP contribution in [0.25, 0.3) is 0 Å². The van der Waals surface area contributed by atoms with Crippen LogP contribution in [0.3, 0.4) is 0 Å². The van der Waals surface area contributed by atoms with Crippen molar-refractivity contribution in [3.8, 4) is 0 Å². The molecule has 5 nitrogen and oxygen atoms in total. The molecule has 0 saturated heterocycles. The van der Waals surface area contributed by atoms with Crippen molar-refractivity contribution in [2.45, 2.75) is 6.54 Å². The van der Waals surface area contributed by atoms with Crippen LogP contribution >= 0.6 is 34.2 Å². The Bertz CT molecular complexity index is 765. The number of carbonyl (C=O) groups excluding carboxylic acids is 1. The summed E-state index contributed by atoms with van der Waals surface area (Å²) >= 11 is 7.88. The molecule has 2 aromatic carbocycles. The second-order valence-corrected chi connectivity index (χ2v) is 6.35. The summed E-state index contributed by atoms with van der Waals surface area (Å²) in [4.78, 5) is 24.0. The molecule has 0 radical (unpaired) electrons. The van der Waals surface area contributed by atoms with Gasteiger partial charge >= 0.3 is 0 Å². The van der Waals surface area contributed by atoms with Gasteiger partial charge in [-0.2, -0.15) is 0 Å². The van der Waals surface area contributed by atoms with Crippen molar-refractivity contribution in [1.82, 2.24) is 4.90 Å². The van der Waals surface area contributed by atoms with E-state index in [1.165, 1.54) is 48.3 Å². The molecule has 0 saturated carbocycles. The normalized spacial score (nSPS) is 10.4. The van der Waals surface area contributed by atoms with Gasteiger partial charge in [0.1, 0.15) is 5.82 Å². The van der Waals surface area contributed by atoms with Crippen LogP contribution in [0.1, 0.15) is 15.9 Å². The summed E-state index contributed by atoms with van der Waals surface area (Å²) < 4.78 is 14.4. The topological polar surface area (TPSA) is 63.5 Å². The molecule has 120 valence electrons. The van der Waals surface area contributed by atoms with E-state index >= 15 is 0 Å². The molecule has 0 unspecified atom stereocenters. The van der Waals surface area contributed by atoms with Gasteiger partial charge in [-0.15, -0.1) is 0 Å². The smallest absolute Gasteiger partial charge is 0.270 e. The lowest BCUT2D eigenvalue weighted by Gasteiger charge is -2.19. The van der Waals surface area contributed by atoms with Crippen LogP contribution in [0.15, 0.2) is 36.4 Å². The maximum atomic E-state index is 13.8. The van der Waals surface area contributed by atoms with Crippen LogP contribution in [0.4, 0.5) is 10.1 Å². The van der Waals surface area contributed by atoms with Crippen molar-refractivity contribution in [1.29, 1.82) is 0 Å². The molecule has 0 aliphatic carbocycles. The number of halogens is 3. The lowest BCUT2D eigenvalue weighted by Crippen LogP contribution is -2.27. The fourth-order valence-electron chi connectivity index (χ4n) is 1.99. The minimum atomic E-state index is -0.569. The molecule has 0 N–H and O–H groups in total. The molecule has 23 heavy (non-hydrogen) atoms. The largest absolute Gasteiger partial charge is 0.337 e. The molecule has 0 fully saturated rings. The Kier molecular flexibility index (Phi) is 5.53. The van der Waals surface area contributed by atoms with Crippen LogP contribution in [0, 0.1) is 19.5 Å². The Morgan fingerprint density at radius 2 is 2.09 bits per heavy atom. The van der Waals surface area contributed by atoms with Gasteiger partial charge in [0.05, 0.1) is 10.5 Å². The minimum Gasteiger partial charge on any atom is -0.337 e. The van der Waals surface area contributed by atoms with Gasteiger partial charge in [-0.05, 0) is 40.8 Å². The third-order valence-corrected chi connectivity index (χ3v) is 4.49. The molecule has 0 heterocycles. The van der Waals surface area contributed by atoms with Gasteiger partial charge in [0.2, 0.25) is 0 Å². The monoisotopic (exact) mass is 448 g/mol. The quantitative estimate of drug-likeness (QED) is 0.399.